The smallest absolute Gasteiger partial charge is 0.263 e. The van der Waals surface area contributed by atoms with Crippen LogP contribution < -0.4 is 20.1 Å². The lowest BCUT2D eigenvalue weighted by Gasteiger charge is -2.16. The molecule has 0 aromatic heterocycles. The first-order valence-corrected chi connectivity index (χ1v) is 8.62. The Morgan fingerprint density at radius 3 is 2.44 bits per heavy atom. The molecule has 27 heavy (non-hydrogen) atoms. The Kier molecular flexibility index (Phi) is 5.52. The number of nitrogens with one attached hydrogen (secondary N) is 2. The van der Waals surface area contributed by atoms with E-state index in [9.17, 15) is 9.59 Å². The molecule has 1 heterocycles. The van der Waals surface area contributed by atoms with E-state index in [0.717, 1.165) is 11.1 Å². The second-order valence-corrected chi connectivity index (χ2v) is 6.39. The third-order valence-corrected chi connectivity index (χ3v) is 4.12. The molecule has 1 aliphatic rings. The lowest BCUT2D eigenvalue weighted by Crippen LogP contribution is -2.51. The lowest BCUT2D eigenvalue weighted by molar-refractivity contribution is -0.123. The maximum atomic E-state index is 11.9. The van der Waals surface area contributed by atoms with Gasteiger partial charge < -0.3 is 9.47 Å². The molecule has 1 fully saturated rings. The van der Waals surface area contributed by atoms with Crippen molar-refractivity contribution < 1.29 is 19.1 Å². The van der Waals surface area contributed by atoms with Crippen LogP contribution in [0.15, 0.2) is 48.0 Å². The minimum Gasteiger partial charge on any atom is -0.493 e. The van der Waals surface area contributed by atoms with Crippen molar-refractivity contribution in [1.29, 1.82) is 0 Å². The van der Waals surface area contributed by atoms with Gasteiger partial charge >= 0.3 is 0 Å². The van der Waals surface area contributed by atoms with E-state index in [4.69, 9.17) is 21.7 Å². The fourth-order valence-corrected chi connectivity index (χ4v) is 2.81. The molecular weight excluding hydrogens is 364 g/mol. The molecule has 2 amide bonds. The number of benzene rings is 2. The van der Waals surface area contributed by atoms with E-state index in [-0.39, 0.29) is 10.7 Å². The number of ether oxygens (including phenoxy) is 2. The minimum absolute atomic E-state index is 0.000345. The summed E-state index contributed by atoms with van der Waals surface area (Å²) in [6.07, 6.45) is 1.47. The Morgan fingerprint density at radius 1 is 1.04 bits per heavy atom. The van der Waals surface area contributed by atoms with Crippen LogP contribution in [0.3, 0.4) is 0 Å². The largest absolute Gasteiger partial charge is 0.493 e. The summed E-state index contributed by atoms with van der Waals surface area (Å²) in [5.74, 6) is -0.00554. The summed E-state index contributed by atoms with van der Waals surface area (Å²) in [5.41, 5.74) is 2.81. The van der Waals surface area contributed by atoms with Crippen LogP contribution in [0.5, 0.6) is 11.5 Å². The number of hydrogen-bond acceptors (Lipinski definition) is 5. The van der Waals surface area contributed by atoms with Gasteiger partial charge in [0.05, 0.1) is 7.11 Å². The summed E-state index contributed by atoms with van der Waals surface area (Å²) in [6, 6.07) is 13.2. The zero-order chi connectivity index (χ0) is 19.4. The molecule has 7 heteroatoms. The van der Waals surface area contributed by atoms with E-state index in [1.165, 1.54) is 13.2 Å². The molecule has 0 saturated carbocycles. The van der Waals surface area contributed by atoms with Gasteiger partial charge in [-0.15, -0.1) is 0 Å². The van der Waals surface area contributed by atoms with Gasteiger partial charge in [-0.2, -0.15) is 0 Å². The van der Waals surface area contributed by atoms with Crippen molar-refractivity contribution in [2.75, 3.05) is 7.11 Å². The van der Waals surface area contributed by atoms with Crippen molar-refractivity contribution >= 4 is 35.2 Å². The number of methoxy groups -OCH3 is 1. The number of carbonyl (C=O) groups is 2. The van der Waals surface area contributed by atoms with Crippen molar-refractivity contribution in [3.05, 3.63) is 64.7 Å². The molecule has 0 radical (unpaired) electrons. The average Bonchev–Trinajstić information content (AvgIpc) is 2.63. The highest BCUT2D eigenvalue weighted by molar-refractivity contribution is 7.80. The van der Waals surface area contributed by atoms with Crippen LogP contribution in [-0.2, 0) is 16.2 Å². The predicted octanol–water partition coefficient (Wildman–Crippen LogP) is 2.50. The molecule has 0 bridgehead atoms. The molecule has 2 aromatic carbocycles. The fourth-order valence-electron chi connectivity index (χ4n) is 2.63. The van der Waals surface area contributed by atoms with E-state index < -0.39 is 11.8 Å². The second kappa shape index (κ2) is 8.01. The van der Waals surface area contributed by atoms with Crippen molar-refractivity contribution in [2.24, 2.45) is 0 Å². The molecule has 138 valence electrons. The molecule has 0 aliphatic carbocycles. The van der Waals surface area contributed by atoms with Gasteiger partial charge in [0, 0.05) is 0 Å². The number of hydrogen-bond donors (Lipinski definition) is 2. The normalized spacial score (nSPS) is 13.7. The monoisotopic (exact) mass is 382 g/mol. The summed E-state index contributed by atoms with van der Waals surface area (Å²) in [6.45, 7) is 2.43. The zero-order valence-electron chi connectivity index (χ0n) is 14.9. The quantitative estimate of drug-likeness (QED) is 0.472. The van der Waals surface area contributed by atoms with Crippen LogP contribution >= 0.6 is 12.2 Å². The number of carbonyl (C=O) groups excluding carboxylic acids is 2. The summed E-state index contributed by atoms with van der Waals surface area (Å²) >= 11 is 4.78. The number of thiocarbonyl (C=S) groups is 1. The highest BCUT2D eigenvalue weighted by Gasteiger charge is 2.25. The molecule has 0 spiro atoms. The second-order valence-electron chi connectivity index (χ2n) is 5.98. The average molecular weight is 382 g/mol. The number of amides is 2. The van der Waals surface area contributed by atoms with Crippen LogP contribution in [0.2, 0.25) is 0 Å². The van der Waals surface area contributed by atoms with Crippen LogP contribution in [0.25, 0.3) is 6.08 Å². The molecule has 0 unspecified atom stereocenters. The van der Waals surface area contributed by atoms with Crippen molar-refractivity contribution in [1.82, 2.24) is 10.6 Å². The molecule has 0 atom stereocenters. The van der Waals surface area contributed by atoms with Gasteiger partial charge in [-0.25, -0.2) is 0 Å². The summed E-state index contributed by atoms with van der Waals surface area (Å²) in [5, 5.41) is 4.80. The topological polar surface area (TPSA) is 76.7 Å². The van der Waals surface area contributed by atoms with Crippen molar-refractivity contribution in [3.8, 4) is 11.5 Å². The summed E-state index contributed by atoms with van der Waals surface area (Å²) < 4.78 is 11.2. The SMILES string of the molecule is COc1cc(C=C2C(=O)NC(=S)NC2=O)ccc1OCc1cccc(C)c1. The molecule has 2 aromatic rings. The van der Waals surface area contributed by atoms with Crippen LogP contribution in [0.1, 0.15) is 16.7 Å². The minimum atomic E-state index is -0.539. The predicted molar refractivity (Wildman–Crippen MR) is 105 cm³/mol. The zero-order valence-corrected chi connectivity index (χ0v) is 15.7. The van der Waals surface area contributed by atoms with Gasteiger partial charge in [0.2, 0.25) is 0 Å². The first kappa shape index (κ1) is 18.6. The summed E-state index contributed by atoms with van der Waals surface area (Å²) in [4.78, 5) is 23.9. The van der Waals surface area contributed by atoms with Crippen LogP contribution in [0, 0.1) is 6.92 Å². The Hall–Kier alpha value is -3.19. The molecule has 3 rings (SSSR count). The van der Waals surface area contributed by atoms with E-state index in [0.29, 0.717) is 23.7 Å². The third kappa shape index (κ3) is 4.51. The molecule has 1 aliphatic heterocycles. The van der Waals surface area contributed by atoms with E-state index in [2.05, 4.69) is 16.7 Å². The van der Waals surface area contributed by atoms with Gasteiger partial charge in [-0.1, -0.05) is 35.9 Å². The molecular formula is C20H18N2O4S. The number of aryl methyl sites for hydroxylation is 1. The first-order valence-electron chi connectivity index (χ1n) is 8.21. The van der Waals surface area contributed by atoms with E-state index in [1.807, 2.05) is 25.1 Å². The Labute approximate surface area is 162 Å². The Morgan fingerprint density at radius 2 is 1.78 bits per heavy atom. The standard InChI is InChI=1S/C20H18N2O4S/c1-12-4-3-5-14(8-12)11-26-16-7-6-13(10-17(16)25-2)9-15-18(23)21-20(27)22-19(15)24/h3-10H,11H2,1-2H3,(H2,21,22,23,24,27). The molecule has 1 saturated heterocycles. The maximum Gasteiger partial charge on any atom is 0.263 e. The molecule has 6 nitrogen and oxygen atoms in total. The summed E-state index contributed by atoms with van der Waals surface area (Å²) in [7, 11) is 1.53. The van der Waals surface area contributed by atoms with Gasteiger partial charge in [0.25, 0.3) is 11.8 Å². The highest BCUT2D eigenvalue weighted by atomic mass is 32.1. The number of rotatable bonds is 5. The first-order chi connectivity index (χ1) is 13.0. The van der Waals surface area contributed by atoms with E-state index >= 15 is 0 Å². The highest BCUT2D eigenvalue weighted by Crippen LogP contribution is 2.30. The fraction of sp³-hybridized carbons (Fsp3) is 0.150. The van der Waals surface area contributed by atoms with Gasteiger partial charge in [-0.05, 0) is 48.5 Å². The lowest BCUT2D eigenvalue weighted by atomic mass is 10.1. The van der Waals surface area contributed by atoms with E-state index in [1.54, 1.807) is 18.2 Å². The Bertz CT molecular complexity index is 931. The van der Waals surface area contributed by atoms with Gasteiger partial charge in [0.15, 0.2) is 16.6 Å². The third-order valence-electron chi connectivity index (χ3n) is 3.92. The van der Waals surface area contributed by atoms with Crippen LogP contribution in [-0.4, -0.2) is 24.0 Å². The maximum absolute atomic E-state index is 11.9. The van der Waals surface area contributed by atoms with Crippen molar-refractivity contribution in [3.63, 3.8) is 0 Å². The Balaban J connectivity index is 1.80. The van der Waals surface area contributed by atoms with Gasteiger partial charge in [-0.3, -0.25) is 20.2 Å². The van der Waals surface area contributed by atoms with Crippen LogP contribution in [0.4, 0.5) is 0 Å². The molecule has 2 N–H and O–H groups in total. The van der Waals surface area contributed by atoms with Gasteiger partial charge in [0.1, 0.15) is 12.2 Å². The van der Waals surface area contributed by atoms with Crippen molar-refractivity contribution in [2.45, 2.75) is 13.5 Å².